The van der Waals surface area contributed by atoms with E-state index in [-0.39, 0.29) is 17.7 Å². The maximum atomic E-state index is 12.1. The number of hydrogen-bond donors (Lipinski definition) is 2. The highest BCUT2D eigenvalue weighted by molar-refractivity contribution is 6.02. The summed E-state index contributed by atoms with van der Waals surface area (Å²) in [4.78, 5) is 23.8. The second-order valence-corrected chi connectivity index (χ2v) is 5.79. The largest absolute Gasteiger partial charge is 0.496 e. The third-order valence-corrected chi connectivity index (χ3v) is 3.48. The Kier molecular flexibility index (Phi) is 6.34. The van der Waals surface area contributed by atoms with Crippen molar-refractivity contribution in [3.8, 4) is 5.75 Å². The number of ether oxygens (including phenoxy) is 1. The maximum absolute atomic E-state index is 12.1. The lowest BCUT2D eigenvalue weighted by molar-refractivity contribution is -0.119. The van der Waals surface area contributed by atoms with Gasteiger partial charge in [0.1, 0.15) is 5.75 Å². The summed E-state index contributed by atoms with van der Waals surface area (Å²) in [5.41, 5.74) is 2.07. The summed E-state index contributed by atoms with van der Waals surface area (Å²) in [7, 11) is 1.59. The van der Waals surface area contributed by atoms with E-state index >= 15 is 0 Å². The van der Waals surface area contributed by atoms with Gasteiger partial charge in [-0.2, -0.15) is 0 Å². The number of benzene rings is 2. The van der Waals surface area contributed by atoms with Crippen LogP contribution in [-0.2, 0) is 9.59 Å². The molecule has 0 aliphatic carbocycles. The number of rotatable bonds is 6. The fraction of sp³-hybridized carbons (Fsp3) is 0.200. The Hall–Kier alpha value is -3.08. The van der Waals surface area contributed by atoms with Gasteiger partial charge in [0.15, 0.2) is 0 Å². The molecule has 0 aromatic heterocycles. The first kappa shape index (κ1) is 18.3. The second kappa shape index (κ2) is 8.68. The Morgan fingerprint density at radius 3 is 2.36 bits per heavy atom. The standard InChI is InChI=1S/C20H22N2O3/c1-14(2)20(24)22-17-9-6-8-16(13-17)21-19(23)12-11-15-7-4-5-10-18(15)25-3/h4-14H,1-3H3,(H,21,23)(H,22,24)/b12-11+. The molecule has 0 unspecified atom stereocenters. The summed E-state index contributed by atoms with van der Waals surface area (Å²) in [5, 5.41) is 5.58. The minimum atomic E-state index is -0.266. The van der Waals surface area contributed by atoms with E-state index in [9.17, 15) is 9.59 Å². The first-order valence-corrected chi connectivity index (χ1v) is 8.02. The Balaban J connectivity index is 2.03. The highest BCUT2D eigenvalue weighted by Gasteiger charge is 2.07. The number of carbonyl (C=O) groups excluding carboxylic acids is 2. The lowest BCUT2D eigenvalue weighted by Gasteiger charge is -2.09. The van der Waals surface area contributed by atoms with E-state index in [0.717, 1.165) is 5.56 Å². The summed E-state index contributed by atoms with van der Waals surface area (Å²) in [6, 6.07) is 14.5. The number of carbonyl (C=O) groups is 2. The van der Waals surface area contributed by atoms with Crippen LogP contribution in [0.15, 0.2) is 54.6 Å². The molecule has 5 heteroatoms. The summed E-state index contributed by atoms with van der Waals surface area (Å²) in [6.45, 7) is 3.65. The van der Waals surface area contributed by atoms with Crippen LogP contribution in [0.1, 0.15) is 19.4 Å². The van der Waals surface area contributed by atoms with E-state index < -0.39 is 0 Å². The van der Waals surface area contributed by atoms with Crippen molar-refractivity contribution in [2.75, 3.05) is 17.7 Å². The molecule has 0 atom stereocenters. The van der Waals surface area contributed by atoms with Crippen LogP contribution in [0.25, 0.3) is 6.08 Å². The minimum Gasteiger partial charge on any atom is -0.496 e. The molecule has 25 heavy (non-hydrogen) atoms. The number of para-hydroxylation sites is 1. The normalized spacial score (nSPS) is 10.7. The van der Waals surface area contributed by atoms with Crippen molar-refractivity contribution in [2.45, 2.75) is 13.8 Å². The van der Waals surface area contributed by atoms with Gasteiger partial charge in [0.05, 0.1) is 7.11 Å². The second-order valence-electron chi connectivity index (χ2n) is 5.79. The van der Waals surface area contributed by atoms with Gasteiger partial charge in [-0.25, -0.2) is 0 Å². The third-order valence-electron chi connectivity index (χ3n) is 3.48. The van der Waals surface area contributed by atoms with E-state index in [4.69, 9.17) is 4.74 Å². The van der Waals surface area contributed by atoms with Crippen LogP contribution >= 0.6 is 0 Å². The van der Waals surface area contributed by atoms with Crippen molar-refractivity contribution < 1.29 is 14.3 Å². The lowest BCUT2D eigenvalue weighted by atomic mass is 10.2. The zero-order valence-electron chi connectivity index (χ0n) is 14.6. The van der Waals surface area contributed by atoms with Crippen molar-refractivity contribution in [3.63, 3.8) is 0 Å². The zero-order valence-corrected chi connectivity index (χ0v) is 14.6. The molecule has 2 aromatic rings. The molecule has 0 fully saturated rings. The number of nitrogens with one attached hydrogen (secondary N) is 2. The van der Waals surface area contributed by atoms with E-state index in [2.05, 4.69) is 10.6 Å². The van der Waals surface area contributed by atoms with Crippen LogP contribution in [0, 0.1) is 5.92 Å². The molecule has 0 saturated heterocycles. The maximum Gasteiger partial charge on any atom is 0.248 e. The molecule has 2 amide bonds. The van der Waals surface area contributed by atoms with E-state index in [0.29, 0.717) is 17.1 Å². The van der Waals surface area contributed by atoms with Gasteiger partial charge in [-0.15, -0.1) is 0 Å². The van der Waals surface area contributed by atoms with Crippen LogP contribution in [0.2, 0.25) is 0 Å². The quantitative estimate of drug-likeness (QED) is 0.784. The van der Waals surface area contributed by atoms with Gasteiger partial charge in [0.25, 0.3) is 0 Å². The molecule has 130 valence electrons. The van der Waals surface area contributed by atoms with Crippen molar-refractivity contribution >= 4 is 29.3 Å². The Morgan fingerprint density at radius 1 is 1.00 bits per heavy atom. The van der Waals surface area contributed by atoms with Crippen molar-refractivity contribution in [3.05, 3.63) is 60.2 Å². The van der Waals surface area contributed by atoms with Crippen LogP contribution in [0.4, 0.5) is 11.4 Å². The minimum absolute atomic E-state index is 0.0699. The van der Waals surface area contributed by atoms with Crippen molar-refractivity contribution in [2.24, 2.45) is 5.92 Å². The first-order valence-electron chi connectivity index (χ1n) is 8.02. The lowest BCUT2D eigenvalue weighted by Crippen LogP contribution is -2.17. The monoisotopic (exact) mass is 338 g/mol. The summed E-state index contributed by atoms with van der Waals surface area (Å²) in [5.74, 6) is 0.254. The summed E-state index contributed by atoms with van der Waals surface area (Å²) >= 11 is 0. The van der Waals surface area contributed by atoms with Gasteiger partial charge >= 0.3 is 0 Å². The number of amides is 2. The molecule has 2 N–H and O–H groups in total. The molecular formula is C20H22N2O3. The fourth-order valence-electron chi connectivity index (χ4n) is 2.11. The summed E-state index contributed by atoms with van der Waals surface area (Å²) < 4.78 is 5.24. The van der Waals surface area contributed by atoms with Crippen LogP contribution in [0.3, 0.4) is 0 Å². The average molecular weight is 338 g/mol. The number of anilines is 2. The third kappa shape index (κ3) is 5.49. The molecule has 0 heterocycles. The number of methoxy groups -OCH3 is 1. The Bertz CT molecular complexity index is 782. The molecule has 0 aliphatic heterocycles. The highest BCUT2D eigenvalue weighted by atomic mass is 16.5. The Morgan fingerprint density at radius 2 is 1.68 bits per heavy atom. The van der Waals surface area contributed by atoms with Crippen LogP contribution < -0.4 is 15.4 Å². The molecule has 5 nitrogen and oxygen atoms in total. The van der Waals surface area contributed by atoms with Crippen LogP contribution in [-0.4, -0.2) is 18.9 Å². The topological polar surface area (TPSA) is 67.4 Å². The highest BCUT2D eigenvalue weighted by Crippen LogP contribution is 2.19. The molecule has 2 aromatic carbocycles. The smallest absolute Gasteiger partial charge is 0.248 e. The first-order chi connectivity index (χ1) is 12.0. The van der Waals surface area contributed by atoms with E-state index in [1.165, 1.54) is 6.08 Å². The van der Waals surface area contributed by atoms with Gasteiger partial charge in [0, 0.05) is 28.9 Å². The number of hydrogen-bond acceptors (Lipinski definition) is 3. The molecule has 2 rings (SSSR count). The fourth-order valence-corrected chi connectivity index (χ4v) is 2.11. The molecular weight excluding hydrogens is 316 g/mol. The molecule has 0 spiro atoms. The van der Waals surface area contributed by atoms with Gasteiger partial charge in [-0.05, 0) is 30.3 Å². The van der Waals surface area contributed by atoms with Gasteiger partial charge in [-0.1, -0.05) is 38.1 Å². The predicted molar refractivity (Wildman–Crippen MR) is 101 cm³/mol. The molecule has 0 radical (unpaired) electrons. The van der Waals surface area contributed by atoms with Crippen LogP contribution in [0.5, 0.6) is 5.75 Å². The van der Waals surface area contributed by atoms with Crippen molar-refractivity contribution in [1.29, 1.82) is 0 Å². The zero-order chi connectivity index (χ0) is 18.2. The molecule has 0 saturated carbocycles. The Labute approximate surface area is 147 Å². The molecule has 0 aliphatic rings. The van der Waals surface area contributed by atoms with Gasteiger partial charge in [0.2, 0.25) is 11.8 Å². The van der Waals surface area contributed by atoms with Gasteiger partial charge < -0.3 is 15.4 Å². The van der Waals surface area contributed by atoms with Crippen molar-refractivity contribution in [1.82, 2.24) is 0 Å². The molecule has 0 bridgehead atoms. The summed E-state index contributed by atoms with van der Waals surface area (Å²) in [6.07, 6.45) is 3.13. The van der Waals surface area contributed by atoms with E-state index in [1.54, 1.807) is 37.5 Å². The predicted octanol–water partition coefficient (Wildman–Crippen LogP) is 3.94. The SMILES string of the molecule is COc1ccccc1/C=C/C(=O)Nc1cccc(NC(=O)C(C)C)c1. The van der Waals surface area contributed by atoms with E-state index in [1.807, 2.05) is 38.1 Å². The van der Waals surface area contributed by atoms with Gasteiger partial charge in [-0.3, -0.25) is 9.59 Å². The average Bonchev–Trinajstić information content (AvgIpc) is 2.60.